The maximum Gasteiger partial charge on any atom is 0.275 e. The van der Waals surface area contributed by atoms with Crippen LogP contribution in [-0.2, 0) is 17.8 Å². The molecule has 1 heterocycles. The third-order valence-corrected chi connectivity index (χ3v) is 4.89. The van der Waals surface area contributed by atoms with E-state index in [-0.39, 0.29) is 29.9 Å². The molecule has 1 aliphatic rings. The summed E-state index contributed by atoms with van der Waals surface area (Å²) in [6.45, 7) is 1.65. The van der Waals surface area contributed by atoms with Gasteiger partial charge in [0.05, 0.1) is 17.1 Å². The molecule has 5 nitrogen and oxygen atoms in total. The molecule has 0 spiro atoms. The van der Waals surface area contributed by atoms with Crippen molar-refractivity contribution in [3.63, 3.8) is 0 Å². The molecule has 0 aliphatic heterocycles. The Morgan fingerprint density at radius 2 is 2.00 bits per heavy atom. The van der Waals surface area contributed by atoms with E-state index in [2.05, 4.69) is 10.4 Å². The molecule has 26 heavy (non-hydrogen) atoms. The predicted octanol–water partition coefficient (Wildman–Crippen LogP) is 2.65. The molecule has 3 aromatic rings. The lowest BCUT2D eigenvalue weighted by atomic mass is 10.1. The Hall–Kier alpha value is -3.02. The summed E-state index contributed by atoms with van der Waals surface area (Å²) in [6, 6.07) is 11.9. The van der Waals surface area contributed by atoms with E-state index in [0.29, 0.717) is 29.5 Å². The van der Waals surface area contributed by atoms with Crippen molar-refractivity contribution < 1.29 is 9.18 Å². The zero-order valence-electron chi connectivity index (χ0n) is 14.3. The van der Waals surface area contributed by atoms with Crippen LogP contribution in [0.2, 0.25) is 0 Å². The van der Waals surface area contributed by atoms with Gasteiger partial charge in [-0.15, -0.1) is 0 Å². The van der Waals surface area contributed by atoms with E-state index in [1.807, 2.05) is 25.1 Å². The van der Waals surface area contributed by atoms with Crippen molar-refractivity contribution in [3.05, 3.63) is 75.5 Å². The topological polar surface area (TPSA) is 64.0 Å². The van der Waals surface area contributed by atoms with Gasteiger partial charge in [0.2, 0.25) is 5.91 Å². The van der Waals surface area contributed by atoms with Gasteiger partial charge in [-0.3, -0.25) is 9.59 Å². The van der Waals surface area contributed by atoms with Gasteiger partial charge in [0, 0.05) is 5.39 Å². The van der Waals surface area contributed by atoms with Crippen molar-refractivity contribution in [2.24, 2.45) is 0 Å². The zero-order chi connectivity index (χ0) is 18.3. The fourth-order valence-electron chi connectivity index (χ4n) is 3.65. The monoisotopic (exact) mass is 351 g/mol. The highest BCUT2D eigenvalue weighted by molar-refractivity contribution is 5.83. The number of hydrogen-bond acceptors (Lipinski definition) is 3. The van der Waals surface area contributed by atoms with Gasteiger partial charge >= 0.3 is 0 Å². The number of amides is 1. The largest absolute Gasteiger partial charge is 0.348 e. The minimum Gasteiger partial charge on any atom is -0.348 e. The molecule has 0 radical (unpaired) electrons. The number of carbonyl (C=O) groups is 1. The van der Waals surface area contributed by atoms with Crippen LogP contribution in [0.15, 0.2) is 47.3 Å². The van der Waals surface area contributed by atoms with Crippen LogP contribution in [0.25, 0.3) is 10.8 Å². The summed E-state index contributed by atoms with van der Waals surface area (Å²) in [7, 11) is 0. The van der Waals surface area contributed by atoms with Gasteiger partial charge < -0.3 is 5.32 Å². The van der Waals surface area contributed by atoms with Crippen LogP contribution in [-0.4, -0.2) is 15.7 Å². The van der Waals surface area contributed by atoms with Crippen LogP contribution in [0.3, 0.4) is 0 Å². The molecule has 6 heteroatoms. The van der Waals surface area contributed by atoms with Crippen LogP contribution in [0, 0.1) is 12.7 Å². The first-order valence-electron chi connectivity index (χ1n) is 8.57. The first kappa shape index (κ1) is 16.4. The third-order valence-electron chi connectivity index (χ3n) is 4.89. The maximum absolute atomic E-state index is 13.8. The van der Waals surface area contributed by atoms with E-state index >= 15 is 0 Å². The van der Waals surface area contributed by atoms with Crippen molar-refractivity contribution in [1.82, 2.24) is 15.1 Å². The van der Waals surface area contributed by atoms with Crippen LogP contribution >= 0.6 is 0 Å². The number of benzene rings is 2. The third kappa shape index (κ3) is 2.77. The molecule has 0 bridgehead atoms. The fraction of sp³-hybridized carbons (Fsp3) is 0.250. The van der Waals surface area contributed by atoms with Gasteiger partial charge in [0.1, 0.15) is 12.4 Å². The minimum atomic E-state index is -0.309. The number of aromatic nitrogens is 2. The lowest BCUT2D eigenvalue weighted by molar-refractivity contribution is -0.122. The van der Waals surface area contributed by atoms with Gasteiger partial charge in [-0.05, 0) is 43.0 Å². The molecule has 1 unspecified atom stereocenters. The molecule has 4 rings (SSSR count). The molecule has 1 N–H and O–H groups in total. The Labute approximate surface area is 149 Å². The second-order valence-electron chi connectivity index (χ2n) is 6.56. The van der Waals surface area contributed by atoms with Crippen molar-refractivity contribution in [2.75, 3.05) is 0 Å². The highest BCUT2D eigenvalue weighted by Gasteiger charge is 2.26. The Kier molecular flexibility index (Phi) is 4.03. The number of carbonyl (C=O) groups excluding carboxylic acids is 1. The molecular formula is C20H18FN3O2. The summed E-state index contributed by atoms with van der Waals surface area (Å²) in [5, 5.41) is 8.49. The molecule has 1 atom stereocenters. The molecule has 2 aromatic carbocycles. The number of nitrogens with one attached hydrogen (secondary N) is 1. The van der Waals surface area contributed by atoms with Crippen molar-refractivity contribution in [1.29, 1.82) is 0 Å². The summed E-state index contributed by atoms with van der Waals surface area (Å²) in [5.74, 6) is -0.543. The predicted molar refractivity (Wildman–Crippen MR) is 96.3 cm³/mol. The molecule has 1 aromatic heterocycles. The van der Waals surface area contributed by atoms with E-state index in [0.717, 1.165) is 10.9 Å². The van der Waals surface area contributed by atoms with E-state index in [4.69, 9.17) is 0 Å². The second-order valence-corrected chi connectivity index (χ2v) is 6.56. The molecule has 1 aliphatic carbocycles. The Morgan fingerprint density at radius 3 is 2.81 bits per heavy atom. The average molecular weight is 351 g/mol. The lowest BCUT2D eigenvalue weighted by Gasteiger charge is -2.15. The van der Waals surface area contributed by atoms with E-state index < -0.39 is 0 Å². The molecule has 0 saturated heterocycles. The van der Waals surface area contributed by atoms with Gasteiger partial charge in [0.25, 0.3) is 5.56 Å². The number of halogens is 1. The standard InChI is InChI=1S/C20H18FN3O2/c1-12-13-5-2-3-6-16(13)20(26)24(23-12)11-19(25)22-18-10-9-14-15(18)7-4-8-17(14)21/h2-8,18H,9-11H2,1H3,(H,22,25). The molecule has 132 valence electrons. The first-order chi connectivity index (χ1) is 12.5. The molecule has 0 saturated carbocycles. The highest BCUT2D eigenvalue weighted by Crippen LogP contribution is 2.32. The number of fused-ring (bicyclic) bond motifs is 2. The zero-order valence-corrected chi connectivity index (χ0v) is 14.3. The maximum atomic E-state index is 13.8. The lowest BCUT2D eigenvalue weighted by Crippen LogP contribution is -2.35. The van der Waals surface area contributed by atoms with Crippen LogP contribution in [0.1, 0.15) is 29.3 Å². The molecular weight excluding hydrogens is 333 g/mol. The second kappa shape index (κ2) is 6.37. The van der Waals surface area contributed by atoms with Crippen molar-refractivity contribution >= 4 is 16.7 Å². The quantitative estimate of drug-likeness (QED) is 0.789. The minimum absolute atomic E-state index is 0.161. The molecule has 0 fully saturated rings. The Morgan fingerprint density at radius 1 is 1.23 bits per heavy atom. The fourth-order valence-corrected chi connectivity index (χ4v) is 3.65. The van der Waals surface area contributed by atoms with Gasteiger partial charge in [-0.25, -0.2) is 9.07 Å². The Bertz CT molecular complexity index is 1070. The van der Waals surface area contributed by atoms with Crippen LogP contribution < -0.4 is 10.9 Å². The van der Waals surface area contributed by atoms with E-state index in [1.54, 1.807) is 18.2 Å². The smallest absolute Gasteiger partial charge is 0.275 e. The number of rotatable bonds is 3. The van der Waals surface area contributed by atoms with Crippen LogP contribution in [0.4, 0.5) is 4.39 Å². The van der Waals surface area contributed by atoms with Gasteiger partial charge in [-0.2, -0.15) is 5.10 Å². The van der Waals surface area contributed by atoms with Gasteiger partial charge in [0.15, 0.2) is 0 Å². The Balaban J connectivity index is 1.57. The van der Waals surface area contributed by atoms with Gasteiger partial charge in [-0.1, -0.05) is 30.3 Å². The van der Waals surface area contributed by atoms with Crippen molar-refractivity contribution in [2.45, 2.75) is 32.4 Å². The SMILES string of the molecule is Cc1nn(CC(=O)NC2CCc3c(F)cccc32)c(=O)c2ccccc12. The summed E-state index contributed by atoms with van der Waals surface area (Å²) < 4.78 is 15.0. The summed E-state index contributed by atoms with van der Waals surface area (Å²) >= 11 is 0. The van der Waals surface area contributed by atoms with E-state index in [1.165, 1.54) is 10.7 Å². The first-order valence-corrected chi connectivity index (χ1v) is 8.57. The van der Waals surface area contributed by atoms with E-state index in [9.17, 15) is 14.0 Å². The number of aryl methyl sites for hydroxylation is 1. The summed E-state index contributed by atoms with van der Waals surface area (Å²) in [6.07, 6.45) is 1.25. The summed E-state index contributed by atoms with van der Waals surface area (Å²) in [5.41, 5.74) is 1.88. The average Bonchev–Trinajstić information content (AvgIpc) is 3.04. The number of hydrogen-bond donors (Lipinski definition) is 1. The summed E-state index contributed by atoms with van der Waals surface area (Å²) in [4.78, 5) is 25.0. The normalized spacial score (nSPS) is 15.8. The highest BCUT2D eigenvalue weighted by atomic mass is 19.1. The van der Waals surface area contributed by atoms with Crippen LogP contribution in [0.5, 0.6) is 0 Å². The molecule has 1 amide bonds. The van der Waals surface area contributed by atoms with Crippen molar-refractivity contribution in [3.8, 4) is 0 Å². The number of nitrogens with zero attached hydrogens (tertiary/aromatic N) is 2.